The summed E-state index contributed by atoms with van der Waals surface area (Å²) in [7, 11) is 1.53. The third-order valence-electron chi connectivity index (χ3n) is 3.73. The number of aliphatic hydroxyl groups excluding tert-OH is 1. The minimum Gasteiger partial charge on any atom is -0.503 e. The van der Waals surface area contributed by atoms with Crippen LogP contribution in [0.4, 0.5) is 0 Å². The summed E-state index contributed by atoms with van der Waals surface area (Å²) in [5.41, 5.74) is 0.863. The molecule has 0 saturated carbocycles. The van der Waals surface area contributed by atoms with Gasteiger partial charge >= 0.3 is 0 Å². The van der Waals surface area contributed by atoms with E-state index in [-0.39, 0.29) is 17.9 Å². The summed E-state index contributed by atoms with van der Waals surface area (Å²) in [6, 6.07) is 6.55. The Morgan fingerprint density at radius 1 is 1.30 bits per heavy atom. The van der Waals surface area contributed by atoms with Gasteiger partial charge in [-0.1, -0.05) is 12.1 Å². The Balaban J connectivity index is 2.39. The summed E-state index contributed by atoms with van der Waals surface area (Å²) in [6.07, 6.45) is 0. The van der Waals surface area contributed by atoms with E-state index in [1.165, 1.54) is 18.9 Å². The van der Waals surface area contributed by atoms with E-state index in [0.717, 1.165) is 5.56 Å². The number of methoxy groups -OCH3 is 1. The lowest BCUT2D eigenvalue weighted by atomic mass is 9.96. The molecule has 6 nitrogen and oxygen atoms in total. The van der Waals surface area contributed by atoms with Crippen LogP contribution in [0.1, 0.15) is 25.5 Å². The number of aliphatic hydroxyl groups is 1. The molecule has 0 radical (unpaired) electrons. The van der Waals surface area contributed by atoms with Crippen molar-refractivity contribution in [3.05, 3.63) is 41.2 Å². The third-order valence-corrected chi connectivity index (χ3v) is 3.73. The van der Waals surface area contributed by atoms with Gasteiger partial charge in [0.25, 0.3) is 5.91 Å². The Bertz CT molecular complexity index is 620. The lowest BCUT2D eigenvalue weighted by Crippen LogP contribution is -2.33. The number of amides is 1. The SMILES string of the molecule is CCOc1ccc([C@H]2C(C(C)=O)=C(O)C(=O)N2CCOC)cc1. The monoisotopic (exact) mass is 319 g/mol. The van der Waals surface area contributed by atoms with Gasteiger partial charge in [0.15, 0.2) is 11.5 Å². The van der Waals surface area contributed by atoms with Gasteiger partial charge in [0.05, 0.1) is 24.8 Å². The topological polar surface area (TPSA) is 76.1 Å². The van der Waals surface area contributed by atoms with Crippen molar-refractivity contribution >= 4 is 11.7 Å². The van der Waals surface area contributed by atoms with Gasteiger partial charge < -0.3 is 19.5 Å². The highest BCUT2D eigenvalue weighted by Gasteiger charge is 2.41. The van der Waals surface area contributed by atoms with Crippen molar-refractivity contribution in [2.75, 3.05) is 26.9 Å². The van der Waals surface area contributed by atoms with Crippen molar-refractivity contribution < 1.29 is 24.2 Å². The average molecular weight is 319 g/mol. The van der Waals surface area contributed by atoms with Crippen molar-refractivity contribution in [3.63, 3.8) is 0 Å². The smallest absolute Gasteiger partial charge is 0.290 e. The number of ketones is 1. The fourth-order valence-corrected chi connectivity index (χ4v) is 2.69. The van der Waals surface area contributed by atoms with Gasteiger partial charge in [-0.2, -0.15) is 0 Å². The van der Waals surface area contributed by atoms with Crippen molar-refractivity contribution in [1.82, 2.24) is 4.90 Å². The Morgan fingerprint density at radius 2 is 1.96 bits per heavy atom. The molecule has 0 saturated heterocycles. The van der Waals surface area contributed by atoms with E-state index in [1.54, 1.807) is 24.3 Å². The number of rotatable bonds is 7. The minimum absolute atomic E-state index is 0.121. The molecule has 0 fully saturated rings. The first-order valence-electron chi connectivity index (χ1n) is 7.48. The number of Topliss-reactive ketones (excluding diaryl/α,β-unsaturated/α-hetero) is 1. The Morgan fingerprint density at radius 3 is 2.48 bits per heavy atom. The molecule has 0 unspecified atom stereocenters. The van der Waals surface area contributed by atoms with Crippen LogP contribution in [0, 0.1) is 0 Å². The summed E-state index contributed by atoms with van der Waals surface area (Å²) in [5, 5.41) is 10.1. The van der Waals surface area contributed by atoms with Crippen LogP contribution in [0.2, 0.25) is 0 Å². The Hall–Kier alpha value is -2.34. The number of carbonyl (C=O) groups is 2. The largest absolute Gasteiger partial charge is 0.503 e. The van der Waals surface area contributed by atoms with Crippen LogP contribution in [-0.2, 0) is 14.3 Å². The first-order valence-corrected chi connectivity index (χ1v) is 7.48. The molecule has 23 heavy (non-hydrogen) atoms. The molecule has 1 heterocycles. The highest BCUT2D eigenvalue weighted by molar-refractivity contribution is 6.08. The number of hydrogen-bond acceptors (Lipinski definition) is 5. The van der Waals surface area contributed by atoms with Gasteiger partial charge in [0.2, 0.25) is 0 Å². The predicted octanol–water partition coefficient (Wildman–Crippen LogP) is 2.02. The lowest BCUT2D eigenvalue weighted by Gasteiger charge is -2.26. The molecule has 0 spiro atoms. The molecule has 1 aromatic rings. The standard InChI is InChI=1S/C17H21NO5/c1-4-23-13-7-5-12(6-8-13)15-14(11(2)19)16(20)17(21)18(15)9-10-22-3/h5-8,15,20H,4,9-10H2,1-3H3/t15-/m0/s1. The molecule has 1 aliphatic heterocycles. The first kappa shape index (κ1) is 17.0. The van der Waals surface area contributed by atoms with Crippen LogP contribution in [0.25, 0.3) is 0 Å². The fourth-order valence-electron chi connectivity index (χ4n) is 2.69. The fraction of sp³-hybridized carbons (Fsp3) is 0.412. The van der Waals surface area contributed by atoms with E-state index in [4.69, 9.17) is 9.47 Å². The normalized spacial score (nSPS) is 17.8. The van der Waals surface area contributed by atoms with Gasteiger partial charge in [-0.3, -0.25) is 9.59 Å². The summed E-state index contributed by atoms with van der Waals surface area (Å²) in [6.45, 7) is 4.40. The molecule has 1 aromatic carbocycles. The predicted molar refractivity (Wildman–Crippen MR) is 84.3 cm³/mol. The molecule has 2 rings (SSSR count). The Labute approximate surface area is 135 Å². The zero-order valence-electron chi connectivity index (χ0n) is 13.5. The number of benzene rings is 1. The number of hydrogen-bond donors (Lipinski definition) is 1. The van der Waals surface area contributed by atoms with Crippen LogP contribution in [0.15, 0.2) is 35.6 Å². The van der Waals surface area contributed by atoms with Crippen molar-refractivity contribution in [2.45, 2.75) is 19.9 Å². The third kappa shape index (κ3) is 3.37. The molecule has 0 aromatic heterocycles. The maximum Gasteiger partial charge on any atom is 0.290 e. The average Bonchev–Trinajstić information content (AvgIpc) is 2.78. The quantitative estimate of drug-likeness (QED) is 0.832. The zero-order chi connectivity index (χ0) is 17.0. The van der Waals surface area contributed by atoms with E-state index >= 15 is 0 Å². The van der Waals surface area contributed by atoms with Gasteiger partial charge in [-0.25, -0.2) is 0 Å². The van der Waals surface area contributed by atoms with Gasteiger partial charge in [0, 0.05) is 13.7 Å². The molecule has 1 atom stereocenters. The van der Waals surface area contributed by atoms with Crippen LogP contribution < -0.4 is 4.74 Å². The molecule has 0 bridgehead atoms. The summed E-state index contributed by atoms with van der Waals surface area (Å²) >= 11 is 0. The first-order chi connectivity index (χ1) is 11.0. The Kier molecular flexibility index (Phi) is 5.39. The van der Waals surface area contributed by atoms with Crippen LogP contribution in [-0.4, -0.2) is 48.6 Å². The maximum absolute atomic E-state index is 12.3. The van der Waals surface area contributed by atoms with E-state index in [2.05, 4.69) is 0 Å². The molecule has 1 amide bonds. The minimum atomic E-state index is -0.606. The van der Waals surface area contributed by atoms with Crippen molar-refractivity contribution in [3.8, 4) is 5.75 Å². The van der Waals surface area contributed by atoms with E-state index in [9.17, 15) is 14.7 Å². The van der Waals surface area contributed by atoms with Crippen molar-refractivity contribution in [2.24, 2.45) is 0 Å². The highest BCUT2D eigenvalue weighted by Crippen LogP contribution is 2.37. The molecule has 1 N–H and O–H groups in total. The number of carbonyl (C=O) groups excluding carboxylic acids is 2. The van der Waals surface area contributed by atoms with E-state index in [0.29, 0.717) is 19.0 Å². The molecular formula is C17H21NO5. The summed E-state index contributed by atoms with van der Waals surface area (Å²) in [4.78, 5) is 25.6. The lowest BCUT2D eigenvalue weighted by molar-refractivity contribution is -0.130. The van der Waals surface area contributed by atoms with E-state index in [1.807, 2.05) is 6.92 Å². The molecule has 0 aliphatic carbocycles. The summed E-state index contributed by atoms with van der Waals surface area (Å²) in [5.74, 6) is -0.644. The molecular weight excluding hydrogens is 298 g/mol. The van der Waals surface area contributed by atoms with Gasteiger partial charge in [-0.15, -0.1) is 0 Å². The van der Waals surface area contributed by atoms with Gasteiger partial charge in [0.1, 0.15) is 5.75 Å². The summed E-state index contributed by atoms with van der Waals surface area (Å²) < 4.78 is 10.4. The number of ether oxygens (including phenoxy) is 2. The zero-order valence-corrected chi connectivity index (χ0v) is 13.5. The second kappa shape index (κ2) is 7.28. The van der Waals surface area contributed by atoms with E-state index < -0.39 is 17.7 Å². The number of nitrogens with zero attached hydrogens (tertiary/aromatic N) is 1. The second-order valence-electron chi connectivity index (χ2n) is 5.21. The molecule has 1 aliphatic rings. The van der Waals surface area contributed by atoms with Crippen LogP contribution >= 0.6 is 0 Å². The second-order valence-corrected chi connectivity index (χ2v) is 5.21. The highest BCUT2D eigenvalue weighted by atomic mass is 16.5. The molecule has 124 valence electrons. The molecule has 6 heteroatoms. The van der Waals surface area contributed by atoms with Crippen LogP contribution in [0.3, 0.4) is 0 Å². The van der Waals surface area contributed by atoms with Gasteiger partial charge in [-0.05, 0) is 31.5 Å². The van der Waals surface area contributed by atoms with Crippen LogP contribution in [0.5, 0.6) is 5.75 Å². The maximum atomic E-state index is 12.3. The van der Waals surface area contributed by atoms with Crippen molar-refractivity contribution in [1.29, 1.82) is 0 Å².